The Balaban J connectivity index is 1.44. The van der Waals surface area contributed by atoms with Crippen molar-refractivity contribution in [3.63, 3.8) is 0 Å². The minimum absolute atomic E-state index is 0.446. The van der Waals surface area contributed by atoms with Gasteiger partial charge >= 0.3 is 0 Å². The zero-order chi connectivity index (χ0) is 15.3. The molecule has 1 unspecified atom stereocenters. The predicted octanol–water partition coefficient (Wildman–Crippen LogP) is 3.07. The molecule has 2 N–H and O–H groups in total. The number of aliphatic imine (C=N–C) groups is 1. The van der Waals surface area contributed by atoms with E-state index >= 15 is 0 Å². The van der Waals surface area contributed by atoms with E-state index in [9.17, 15) is 0 Å². The summed E-state index contributed by atoms with van der Waals surface area (Å²) in [4.78, 5) is 4.37. The Labute approximate surface area is 138 Å². The van der Waals surface area contributed by atoms with Crippen LogP contribution in [0.15, 0.2) is 35.3 Å². The normalized spacial score (nSPS) is 23.3. The Hall–Kier alpha value is -1.16. The van der Waals surface area contributed by atoms with Crippen molar-refractivity contribution in [3.8, 4) is 0 Å². The molecule has 0 bridgehead atoms. The molecule has 3 rings (SSSR count). The van der Waals surface area contributed by atoms with Gasteiger partial charge in [0.05, 0.1) is 0 Å². The van der Waals surface area contributed by atoms with Gasteiger partial charge in [-0.05, 0) is 48.8 Å². The summed E-state index contributed by atoms with van der Waals surface area (Å²) in [6.07, 6.45) is 6.53. The lowest BCUT2D eigenvalue weighted by Crippen LogP contribution is -2.42. The molecule has 1 aliphatic carbocycles. The fourth-order valence-electron chi connectivity index (χ4n) is 3.13. The molecule has 1 aliphatic heterocycles. The Bertz CT molecular complexity index is 490. The van der Waals surface area contributed by atoms with Crippen LogP contribution in [-0.4, -0.2) is 37.1 Å². The van der Waals surface area contributed by atoms with Gasteiger partial charge in [0.1, 0.15) is 0 Å². The molecule has 1 atom stereocenters. The van der Waals surface area contributed by atoms with Gasteiger partial charge in [0, 0.05) is 25.4 Å². The first-order valence-corrected chi connectivity index (χ1v) is 9.45. The highest BCUT2D eigenvalue weighted by Crippen LogP contribution is 2.47. The molecule has 22 heavy (non-hydrogen) atoms. The third-order valence-corrected chi connectivity index (χ3v) is 6.15. The van der Waals surface area contributed by atoms with Crippen molar-refractivity contribution in [3.05, 3.63) is 35.9 Å². The second-order valence-electron chi connectivity index (χ2n) is 6.60. The highest BCUT2D eigenvalue weighted by molar-refractivity contribution is 8.00. The molecule has 2 aliphatic rings. The second-order valence-corrected chi connectivity index (χ2v) is 8.01. The number of nitrogens with one attached hydrogen (secondary N) is 2. The molecule has 0 radical (unpaired) electrons. The number of nitrogens with zero attached hydrogens (tertiary/aromatic N) is 1. The van der Waals surface area contributed by atoms with Crippen molar-refractivity contribution in [2.45, 2.75) is 37.4 Å². The zero-order valence-corrected chi connectivity index (χ0v) is 14.3. The molecule has 0 amide bonds. The van der Waals surface area contributed by atoms with E-state index in [1.807, 2.05) is 7.05 Å². The van der Waals surface area contributed by atoms with Crippen molar-refractivity contribution in [2.24, 2.45) is 10.4 Å². The quantitative estimate of drug-likeness (QED) is 0.625. The van der Waals surface area contributed by atoms with Crippen molar-refractivity contribution in [1.29, 1.82) is 0 Å². The van der Waals surface area contributed by atoms with E-state index in [4.69, 9.17) is 0 Å². The van der Waals surface area contributed by atoms with Crippen molar-refractivity contribution in [2.75, 3.05) is 25.9 Å². The van der Waals surface area contributed by atoms with Gasteiger partial charge in [-0.2, -0.15) is 11.8 Å². The van der Waals surface area contributed by atoms with E-state index in [-0.39, 0.29) is 0 Å². The summed E-state index contributed by atoms with van der Waals surface area (Å²) in [5.74, 6) is 2.28. The van der Waals surface area contributed by atoms with Gasteiger partial charge in [0.2, 0.25) is 0 Å². The summed E-state index contributed by atoms with van der Waals surface area (Å²) in [5, 5.41) is 7.80. The van der Waals surface area contributed by atoms with Crippen LogP contribution in [0.3, 0.4) is 0 Å². The minimum Gasteiger partial charge on any atom is -0.356 e. The molecule has 1 aromatic carbocycles. The van der Waals surface area contributed by atoms with E-state index in [0.29, 0.717) is 5.41 Å². The van der Waals surface area contributed by atoms with E-state index in [0.717, 1.165) is 24.3 Å². The molecule has 1 saturated carbocycles. The number of rotatable bonds is 6. The molecule has 2 fully saturated rings. The smallest absolute Gasteiger partial charge is 0.191 e. The van der Waals surface area contributed by atoms with Crippen molar-refractivity contribution < 1.29 is 0 Å². The number of guanidine groups is 1. The number of benzene rings is 1. The molecular weight excluding hydrogens is 290 g/mol. The summed E-state index contributed by atoms with van der Waals surface area (Å²) in [7, 11) is 1.87. The maximum Gasteiger partial charge on any atom is 0.191 e. The maximum absolute atomic E-state index is 4.37. The van der Waals surface area contributed by atoms with Gasteiger partial charge in [0.15, 0.2) is 5.96 Å². The van der Waals surface area contributed by atoms with E-state index < -0.39 is 0 Å². The summed E-state index contributed by atoms with van der Waals surface area (Å²) in [6, 6.07) is 10.8. The molecule has 1 aromatic rings. The molecule has 1 heterocycles. The van der Waals surface area contributed by atoms with Crippen LogP contribution < -0.4 is 10.6 Å². The Kier molecular flexibility index (Phi) is 5.29. The van der Waals surface area contributed by atoms with Crippen molar-refractivity contribution >= 4 is 17.7 Å². The average molecular weight is 318 g/mol. The fourth-order valence-corrected chi connectivity index (χ4v) is 4.33. The molecule has 0 spiro atoms. The Morgan fingerprint density at radius 1 is 1.27 bits per heavy atom. The van der Waals surface area contributed by atoms with E-state index in [2.05, 4.69) is 57.7 Å². The number of hydrogen-bond donors (Lipinski definition) is 2. The molecular formula is C18H27N3S. The first-order valence-electron chi connectivity index (χ1n) is 8.40. The monoisotopic (exact) mass is 317 g/mol. The van der Waals surface area contributed by atoms with Crippen molar-refractivity contribution in [1.82, 2.24) is 10.6 Å². The van der Waals surface area contributed by atoms with Crippen LogP contribution in [-0.2, 0) is 6.42 Å². The highest BCUT2D eigenvalue weighted by Gasteiger charge is 2.42. The molecule has 3 nitrogen and oxygen atoms in total. The van der Waals surface area contributed by atoms with Crippen LogP contribution in [0, 0.1) is 5.41 Å². The van der Waals surface area contributed by atoms with Gasteiger partial charge in [-0.15, -0.1) is 0 Å². The number of hydrogen-bond acceptors (Lipinski definition) is 2. The lowest BCUT2D eigenvalue weighted by Gasteiger charge is -2.19. The second kappa shape index (κ2) is 7.40. The number of thioether (sulfide) groups is 1. The maximum atomic E-state index is 4.37. The third kappa shape index (κ3) is 4.42. The van der Waals surface area contributed by atoms with Gasteiger partial charge in [-0.1, -0.05) is 30.3 Å². The molecule has 120 valence electrons. The summed E-state index contributed by atoms with van der Waals surface area (Å²) < 4.78 is 0. The van der Waals surface area contributed by atoms with Crippen LogP contribution >= 0.6 is 11.8 Å². The largest absolute Gasteiger partial charge is 0.356 e. The van der Waals surface area contributed by atoms with Gasteiger partial charge in [-0.3, -0.25) is 4.99 Å². The summed E-state index contributed by atoms with van der Waals surface area (Å²) in [5.41, 5.74) is 1.90. The van der Waals surface area contributed by atoms with Gasteiger partial charge in [-0.25, -0.2) is 0 Å². The lowest BCUT2D eigenvalue weighted by atomic mass is 9.96. The highest BCUT2D eigenvalue weighted by atomic mass is 32.2. The van der Waals surface area contributed by atoms with E-state index in [1.54, 1.807) is 0 Å². The topological polar surface area (TPSA) is 36.4 Å². The minimum atomic E-state index is 0.446. The lowest BCUT2D eigenvalue weighted by molar-refractivity contribution is 0.492. The summed E-state index contributed by atoms with van der Waals surface area (Å²) >= 11 is 2.09. The Morgan fingerprint density at radius 2 is 2.09 bits per heavy atom. The summed E-state index contributed by atoms with van der Waals surface area (Å²) in [6.45, 7) is 2.06. The Morgan fingerprint density at radius 3 is 2.73 bits per heavy atom. The third-order valence-electron chi connectivity index (χ3n) is 4.75. The SMILES string of the molecule is CN=C(NCC1CCCS1)NCC1(Cc2ccccc2)CC1. The first kappa shape index (κ1) is 15.7. The average Bonchev–Trinajstić information content (AvgIpc) is 3.11. The zero-order valence-electron chi connectivity index (χ0n) is 13.5. The van der Waals surface area contributed by atoms with Gasteiger partial charge < -0.3 is 10.6 Å². The van der Waals surface area contributed by atoms with Crippen LogP contribution in [0.4, 0.5) is 0 Å². The van der Waals surface area contributed by atoms with E-state index in [1.165, 1.54) is 43.4 Å². The standard InChI is InChI=1S/C18H27N3S/c1-19-17(20-13-16-8-5-11-22-16)21-14-18(9-10-18)12-15-6-3-2-4-7-15/h2-4,6-7,16H,5,8-14H2,1H3,(H2,19,20,21). The molecule has 4 heteroatoms. The van der Waals surface area contributed by atoms with Gasteiger partial charge in [0.25, 0.3) is 0 Å². The van der Waals surface area contributed by atoms with Crippen LogP contribution in [0.1, 0.15) is 31.2 Å². The molecule has 0 aromatic heterocycles. The first-order chi connectivity index (χ1) is 10.8. The van der Waals surface area contributed by atoms with Crippen LogP contribution in [0.2, 0.25) is 0 Å². The predicted molar refractivity (Wildman–Crippen MR) is 96.7 cm³/mol. The van der Waals surface area contributed by atoms with Crippen LogP contribution in [0.25, 0.3) is 0 Å². The van der Waals surface area contributed by atoms with Crippen LogP contribution in [0.5, 0.6) is 0 Å². The molecule has 1 saturated heterocycles. The fraction of sp³-hybridized carbons (Fsp3) is 0.611.